The molecule has 1 aromatic carbocycles. The Kier molecular flexibility index (Phi) is 5.07. The van der Waals surface area contributed by atoms with Gasteiger partial charge >= 0.3 is 0 Å². The zero-order valence-corrected chi connectivity index (χ0v) is 13.5. The number of nitrogens with zero attached hydrogens (tertiary/aromatic N) is 1. The second kappa shape index (κ2) is 6.84. The van der Waals surface area contributed by atoms with E-state index in [9.17, 15) is 14.7 Å². The Morgan fingerprint density at radius 3 is 2.26 bits per heavy atom. The number of aliphatic hydroxyl groups is 1. The van der Waals surface area contributed by atoms with Gasteiger partial charge in [0.15, 0.2) is 0 Å². The highest BCUT2D eigenvalue weighted by molar-refractivity contribution is 5.94. The van der Waals surface area contributed by atoms with E-state index in [1.165, 1.54) is 0 Å². The summed E-state index contributed by atoms with van der Waals surface area (Å²) in [5, 5.41) is 9.59. The summed E-state index contributed by atoms with van der Waals surface area (Å²) in [6.07, 6.45) is 1.24. The van der Waals surface area contributed by atoms with E-state index in [1.807, 2.05) is 0 Å². The molecule has 5 nitrogen and oxygen atoms in total. The van der Waals surface area contributed by atoms with Crippen molar-refractivity contribution in [2.24, 2.45) is 11.7 Å². The van der Waals surface area contributed by atoms with Crippen LogP contribution in [0.25, 0.3) is 0 Å². The van der Waals surface area contributed by atoms with Gasteiger partial charge < -0.3 is 15.7 Å². The van der Waals surface area contributed by atoms with Gasteiger partial charge in [-0.2, -0.15) is 0 Å². The van der Waals surface area contributed by atoms with Gasteiger partial charge in [-0.3, -0.25) is 9.59 Å². The Labute approximate surface area is 136 Å². The number of rotatable bonds is 2. The average Bonchev–Trinajstić information content (AvgIpc) is 2.52. The first-order valence-electron chi connectivity index (χ1n) is 7.70. The van der Waals surface area contributed by atoms with Crippen LogP contribution in [0, 0.1) is 17.8 Å². The topological polar surface area (TPSA) is 83.6 Å². The van der Waals surface area contributed by atoms with Gasteiger partial charge in [0.2, 0.25) is 5.91 Å². The maximum absolute atomic E-state index is 12.4. The third-order valence-corrected chi connectivity index (χ3v) is 3.83. The van der Waals surface area contributed by atoms with Gasteiger partial charge in [0, 0.05) is 30.1 Å². The Hall–Kier alpha value is -2.32. The Morgan fingerprint density at radius 2 is 1.78 bits per heavy atom. The van der Waals surface area contributed by atoms with Crippen LogP contribution in [-0.2, 0) is 4.79 Å². The van der Waals surface area contributed by atoms with Crippen LogP contribution in [0.5, 0.6) is 0 Å². The van der Waals surface area contributed by atoms with Crippen molar-refractivity contribution in [2.75, 3.05) is 13.1 Å². The molecule has 23 heavy (non-hydrogen) atoms. The van der Waals surface area contributed by atoms with E-state index in [2.05, 4.69) is 11.8 Å². The molecule has 2 amide bonds. The zero-order valence-electron chi connectivity index (χ0n) is 13.5. The molecule has 0 aliphatic carbocycles. The number of hydrogen-bond donors (Lipinski definition) is 2. The van der Waals surface area contributed by atoms with Gasteiger partial charge in [-0.05, 0) is 51.0 Å². The fourth-order valence-electron chi connectivity index (χ4n) is 2.47. The molecule has 0 atom stereocenters. The molecule has 1 saturated heterocycles. The van der Waals surface area contributed by atoms with E-state index in [0.29, 0.717) is 31.5 Å². The van der Waals surface area contributed by atoms with Crippen LogP contribution in [0.1, 0.15) is 42.6 Å². The van der Waals surface area contributed by atoms with E-state index < -0.39 is 5.60 Å². The SMILES string of the molecule is CC(C)(O)C#Cc1ccc(C(=O)N2CCC(C(N)=O)CC2)cc1. The van der Waals surface area contributed by atoms with Gasteiger partial charge in [0.1, 0.15) is 5.60 Å². The summed E-state index contributed by atoms with van der Waals surface area (Å²) in [6, 6.07) is 7.00. The number of primary amides is 1. The summed E-state index contributed by atoms with van der Waals surface area (Å²) < 4.78 is 0. The second-order valence-corrected chi connectivity index (χ2v) is 6.36. The molecular formula is C18H22N2O3. The van der Waals surface area contributed by atoms with Gasteiger partial charge in [0.25, 0.3) is 5.91 Å². The van der Waals surface area contributed by atoms with Crippen molar-refractivity contribution in [1.29, 1.82) is 0 Å². The molecule has 1 heterocycles. The maximum atomic E-state index is 12.4. The lowest BCUT2D eigenvalue weighted by atomic mass is 9.96. The monoisotopic (exact) mass is 314 g/mol. The Bertz CT molecular complexity index is 640. The minimum absolute atomic E-state index is 0.0464. The van der Waals surface area contributed by atoms with Crippen molar-refractivity contribution >= 4 is 11.8 Å². The predicted octanol–water partition coefficient (Wildman–Crippen LogP) is 1.15. The summed E-state index contributed by atoms with van der Waals surface area (Å²) in [4.78, 5) is 25.3. The van der Waals surface area contributed by atoms with Gasteiger partial charge in [-0.15, -0.1) is 0 Å². The molecule has 0 unspecified atom stereocenters. The number of benzene rings is 1. The van der Waals surface area contributed by atoms with Crippen molar-refractivity contribution in [2.45, 2.75) is 32.3 Å². The van der Waals surface area contributed by atoms with E-state index in [0.717, 1.165) is 5.56 Å². The molecule has 0 bridgehead atoms. The molecule has 2 rings (SSSR count). The summed E-state index contributed by atoms with van der Waals surface area (Å²) >= 11 is 0. The zero-order chi connectivity index (χ0) is 17.0. The lowest BCUT2D eigenvalue weighted by Crippen LogP contribution is -2.41. The van der Waals surface area contributed by atoms with Crippen molar-refractivity contribution in [3.05, 3.63) is 35.4 Å². The normalized spacial score (nSPS) is 15.7. The summed E-state index contributed by atoms with van der Waals surface area (Å²) in [5.74, 6) is 5.15. The molecular weight excluding hydrogens is 292 g/mol. The van der Waals surface area contributed by atoms with Crippen LogP contribution >= 0.6 is 0 Å². The Morgan fingerprint density at radius 1 is 1.22 bits per heavy atom. The van der Waals surface area contributed by atoms with Gasteiger partial charge in [0.05, 0.1) is 0 Å². The number of nitrogens with two attached hydrogens (primary N) is 1. The van der Waals surface area contributed by atoms with Crippen LogP contribution in [0.2, 0.25) is 0 Å². The molecule has 1 aliphatic rings. The molecule has 0 saturated carbocycles. The summed E-state index contributed by atoms with van der Waals surface area (Å²) in [5.41, 5.74) is 5.60. The highest BCUT2D eigenvalue weighted by atomic mass is 16.3. The van der Waals surface area contributed by atoms with Crippen molar-refractivity contribution in [3.8, 4) is 11.8 Å². The molecule has 0 spiro atoms. The first-order valence-corrected chi connectivity index (χ1v) is 7.70. The number of amides is 2. The first-order chi connectivity index (χ1) is 10.8. The van der Waals surface area contributed by atoms with E-state index >= 15 is 0 Å². The minimum atomic E-state index is -1.04. The largest absolute Gasteiger partial charge is 0.378 e. The molecule has 1 aromatic rings. The number of likely N-dealkylation sites (tertiary alicyclic amines) is 1. The van der Waals surface area contributed by atoms with Crippen LogP contribution in [-0.4, -0.2) is 40.5 Å². The standard InChI is InChI=1S/C18H22N2O3/c1-18(2,23)10-7-13-3-5-15(6-4-13)17(22)20-11-8-14(9-12-20)16(19)21/h3-6,14,23H,8-9,11-12H2,1-2H3,(H2,19,21). The highest BCUT2D eigenvalue weighted by Gasteiger charge is 2.26. The molecule has 0 radical (unpaired) electrons. The van der Waals surface area contributed by atoms with Crippen LogP contribution in [0.4, 0.5) is 0 Å². The Balaban J connectivity index is 2.01. The van der Waals surface area contributed by atoms with Crippen molar-refractivity contribution in [1.82, 2.24) is 4.90 Å². The molecule has 1 fully saturated rings. The minimum Gasteiger partial charge on any atom is -0.378 e. The quantitative estimate of drug-likeness (QED) is 0.803. The van der Waals surface area contributed by atoms with E-state index in [1.54, 1.807) is 43.0 Å². The molecule has 122 valence electrons. The second-order valence-electron chi connectivity index (χ2n) is 6.36. The fourth-order valence-corrected chi connectivity index (χ4v) is 2.47. The number of carbonyl (C=O) groups is 2. The lowest BCUT2D eigenvalue weighted by Gasteiger charge is -2.30. The van der Waals surface area contributed by atoms with Crippen LogP contribution < -0.4 is 5.73 Å². The maximum Gasteiger partial charge on any atom is 0.253 e. The number of piperidine rings is 1. The molecule has 1 aliphatic heterocycles. The highest BCUT2D eigenvalue weighted by Crippen LogP contribution is 2.19. The van der Waals surface area contributed by atoms with Gasteiger partial charge in [-0.1, -0.05) is 11.8 Å². The third-order valence-electron chi connectivity index (χ3n) is 3.83. The average molecular weight is 314 g/mol. The third kappa shape index (κ3) is 4.83. The van der Waals surface area contributed by atoms with Crippen molar-refractivity contribution < 1.29 is 14.7 Å². The van der Waals surface area contributed by atoms with E-state index in [-0.39, 0.29) is 17.7 Å². The number of hydrogen-bond acceptors (Lipinski definition) is 3. The first kappa shape index (κ1) is 17.0. The molecule has 3 N–H and O–H groups in total. The van der Waals surface area contributed by atoms with Crippen molar-refractivity contribution in [3.63, 3.8) is 0 Å². The van der Waals surface area contributed by atoms with Crippen LogP contribution in [0.3, 0.4) is 0 Å². The smallest absolute Gasteiger partial charge is 0.253 e. The molecule has 5 heteroatoms. The van der Waals surface area contributed by atoms with E-state index in [4.69, 9.17) is 5.73 Å². The summed E-state index contributed by atoms with van der Waals surface area (Å²) in [6.45, 7) is 4.33. The lowest BCUT2D eigenvalue weighted by molar-refractivity contribution is -0.123. The molecule has 0 aromatic heterocycles. The van der Waals surface area contributed by atoms with Gasteiger partial charge in [-0.25, -0.2) is 0 Å². The fraction of sp³-hybridized carbons (Fsp3) is 0.444. The van der Waals surface area contributed by atoms with Crippen LogP contribution in [0.15, 0.2) is 24.3 Å². The predicted molar refractivity (Wildman–Crippen MR) is 87.4 cm³/mol. The summed E-state index contributed by atoms with van der Waals surface area (Å²) in [7, 11) is 0. The number of carbonyl (C=O) groups excluding carboxylic acids is 2.